The summed E-state index contributed by atoms with van der Waals surface area (Å²) >= 11 is 1.60. The van der Waals surface area contributed by atoms with E-state index in [1.165, 1.54) is 0 Å². The zero-order valence-electron chi connectivity index (χ0n) is 14.8. The van der Waals surface area contributed by atoms with Crippen LogP contribution in [0.3, 0.4) is 0 Å². The molecule has 25 heavy (non-hydrogen) atoms. The van der Waals surface area contributed by atoms with Crippen LogP contribution in [0.25, 0.3) is 11.1 Å². The van der Waals surface area contributed by atoms with Crippen molar-refractivity contribution in [3.05, 3.63) is 53.2 Å². The SMILES string of the molecule is C=CCC(CC)C1(C)OOC1(OC)c1ccc(-c2ccsc2)c(O)c1. The standard InChI is InChI=1S/C20H24O4S/c1-5-7-15(6-2)19(3)20(22-4,24-23-19)16-8-9-17(18(21)12-16)14-10-11-25-13-14/h5,8-13,15,21H,1,6-7H2,2-4H3. The smallest absolute Gasteiger partial charge is 0.260 e. The van der Waals surface area contributed by atoms with E-state index in [9.17, 15) is 5.11 Å². The van der Waals surface area contributed by atoms with E-state index in [0.29, 0.717) is 0 Å². The first-order chi connectivity index (χ1) is 12.0. The first kappa shape index (κ1) is 18.1. The summed E-state index contributed by atoms with van der Waals surface area (Å²) in [5.41, 5.74) is 1.85. The van der Waals surface area contributed by atoms with Crippen molar-refractivity contribution in [1.29, 1.82) is 0 Å². The molecule has 1 aliphatic heterocycles. The highest BCUT2D eigenvalue weighted by Gasteiger charge is 2.66. The van der Waals surface area contributed by atoms with Gasteiger partial charge in [0.15, 0.2) is 5.60 Å². The molecule has 3 unspecified atom stereocenters. The maximum atomic E-state index is 10.5. The topological polar surface area (TPSA) is 47.9 Å². The second-order valence-electron chi connectivity index (χ2n) is 6.47. The van der Waals surface area contributed by atoms with Gasteiger partial charge in [-0.25, -0.2) is 4.89 Å². The monoisotopic (exact) mass is 360 g/mol. The lowest BCUT2D eigenvalue weighted by Crippen LogP contribution is -2.67. The molecule has 3 atom stereocenters. The Bertz CT molecular complexity index is 738. The van der Waals surface area contributed by atoms with Crippen molar-refractivity contribution in [3.8, 4) is 16.9 Å². The summed E-state index contributed by atoms with van der Waals surface area (Å²) in [6, 6.07) is 7.51. The van der Waals surface area contributed by atoms with Gasteiger partial charge in [-0.1, -0.05) is 25.1 Å². The molecule has 1 saturated heterocycles. The molecule has 1 N–H and O–H groups in total. The van der Waals surface area contributed by atoms with Crippen molar-refractivity contribution < 1.29 is 19.6 Å². The van der Waals surface area contributed by atoms with Crippen LogP contribution in [0.1, 0.15) is 32.3 Å². The minimum atomic E-state index is -1.05. The van der Waals surface area contributed by atoms with Crippen molar-refractivity contribution in [3.63, 3.8) is 0 Å². The predicted molar refractivity (Wildman–Crippen MR) is 99.3 cm³/mol. The second kappa shape index (κ2) is 6.92. The minimum Gasteiger partial charge on any atom is -0.507 e. The lowest BCUT2D eigenvalue weighted by atomic mass is 9.74. The number of phenolic OH excluding ortho intramolecular Hbond substituents is 1. The van der Waals surface area contributed by atoms with Crippen molar-refractivity contribution in [2.75, 3.05) is 7.11 Å². The molecule has 0 aliphatic carbocycles. The number of hydrogen-bond acceptors (Lipinski definition) is 5. The number of rotatable bonds is 7. The molecule has 1 aliphatic rings. The maximum absolute atomic E-state index is 10.5. The van der Waals surface area contributed by atoms with Gasteiger partial charge >= 0.3 is 0 Å². The van der Waals surface area contributed by atoms with Crippen LogP contribution in [-0.4, -0.2) is 17.8 Å². The normalized spacial score (nSPS) is 26.8. The number of phenols is 1. The Morgan fingerprint density at radius 2 is 2.16 bits per heavy atom. The molecule has 0 spiro atoms. The fraction of sp³-hybridized carbons (Fsp3) is 0.400. The van der Waals surface area contributed by atoms with Gasteiger partial charge in [-0.05, 0) is 54.1 Å². The average Bonchev–Trinajstić information content (AvgIpc) is 3.13. The summed E-state index contributed by atoms with van der Waals surface area (Å²) in [5, 5.41) is 14.5. The van der Waals surface area contributed by atoms with Gasteiger partial charge in [-0.15, -0.1) is 6.58 Å². The van der Waals surface area contributed by atoms with Crippen LogP contribution in [0, 0.1) is 5.92 Å². The van der Waals surface area contributed by atoms with E-state index in [2.05, 4.69) is 13.5 Å². The van der Waals surface area contributed by atoms with Crippen LogP contribution in [-0.2, 0) is 20.3 Å². The third kappa shape index (κ3) is 2.72. The minimum absolute atomic E-state index is 0.178. The maximum Gasteiger partial charge on any atom is 0.260 e. The first-order valence-corrected chi connectivity index (χ1v) is 9.35. The summed E-state index contributed by atoms with van der Waals surface area (Å²) in [4.78, 5) is 11.1. The summed E-state index contributed by atoms with van der Waals surface area (Å²) < 4.78 is 5.80. The van der Waals surface area contributed by atoms with Crippen LogP contribution in [0.15, 0.2) is 47.7 Å². The van der Waals surface area contributed by atoms with Crippen molar-refractivity contribution in [2.45, 2.75) is 38.1 Å². The Hall–Kier alpha value is -1.66. The van der Waals surface area contributed by atoms with E-state index in [4.69, 9.17) is 14.5 Å². The average molecular weight is 360 g/mol. The summed E-state index contributed by atoms with van der Waals surface area (Å²) in [5.74, 6) is -0.680. The lowest BCUT2D eigenvalue weighted by Gasteiger charge is -2.56. The molecule has 134 valence electrons. The highest BCUT2D eigenvalue weighted by molar-refractivity contribution is 7.08. The second-order valence-corrected chi connectivity index (χ2v) is 7.25. The van der Waals surface area contributed by atoms with Crippen LogP contribution >= 0.6 is 11.3 Å². The molecule has 5 heteroatoms. The molecule has 0 amide bonds. The highest BCUT2D eigenvalue weighted by atomic mass is 32.1. The van der Waals surface area contributed by atoms with Gasteiger partial charge in [0.25, 0.3) is 5.79 Å². The van der Waals surface area contributed by atoms with Crippen LogP contribution in [0.2, 0.25) is 0 Å². The van der Waals surface area contributed by atoms with E-state index in [1.54, 1.807) is 24.5 Å². The lowest BCUT2D eigenvalue weighted by molar-refractivity contribution is -0.624. The number of benzene rings is 1. The Balaban J connectivity index is 2.01. The van der Waals surface area contributed by atoms with Gasteiger partial charge in [0.1, 0.15) is 5.75 Å². The fourth-order valence-electron chi connectivity index (χ4n) is 3.66. The van der Waals surface area contributed by atoms with Gasteiger partial charge in [0, 0.05) is 18.2 Å². The number of ether oxygens (including phenoxy) is 1. The number of hydrogen-bond donors (Lipinski definition) is 1. The third-order valence-electron chi connectivity index (χ3n) is 5.21. The molecule has 1 fully saturated rings. The molecule has 0 saturated carbocycles. The number of aromatic hydroxyl groups is 1. The molecule has 2 heterocycles. The van der Waals surface area contributed by atoms with Gasteiger partial charge in [0.2, 0.25) is 0 Å². The number of allylic oxidation sites excluding steroid dienone is 1. The predicted octanol–water partition coefficient (Wildman–Crippen LogP) is 5.24. The molecule has 0 bridgehead atoms. The molecular weight excluding hydrogens is 336 g/mol. The van der Waals surface area contributed by atoms with Gasteiger partial charge in [-0.2, -0.15) is 16.2 Å². The van der Waals surface area contributed by atoms with Gasteiger partial charge in [-0.3, -0.25) is 0 Å². The van der Waals surface area contributed by atoms with Gasteiger partial charge in [0.05, 0.1) is 0 Å². The molecule has 4 nitrogen and oxygen atoms in total. The van der Waals surface area contributed by atoms with Crippen molar-refractivity contribution >= 4 is 11.3 Å². The molecule has 0 radical (unpaired) electrons. The fourth-order valence-corrected chi connectivity index (χ4v) is 4.31. The van der Waals surface area contributed by atoms with E-state index >= 15 is 0 Å². The molecule has 2 aromatic rings. The summed E-state index contributed by atoms with van der Waals surface area (Å²) in [6.45, 7) is 7.94. The molecule has 3 rings (SSSR count). The summed E-state index contributed by atoms with van der Waals surface area (Å²) in [6.07, 6.45) is 3.58. The summed E-state index contributed by atoms with van der Waals surface area (Å²) in [7, 11) is 1.60. The third-order valence-corrected chi connectivity index (χ3v) is 5.89. The highest BCUT2D eigenvalue weighted by Crippen LogP contribution is 2.55. The first-order valence-electron chi connectivity index (χ1n) is 8.41. The Labute approximate surface area is 152 Å². The number of thiophene rings is 1. The zero-order valence-corrected chi connectivity index (χ0v) is 15.6. The Kier molecular flexibility index (Phi) is 5.02. The number of methoxy groups -OCH3 is 1. The zero-order chi connectivity index (χ0) is 18.1. The van der Waals surface area contributed by atoms with E-state index in [0.717, 1.165) is 29.5 Å². The quantitative estimate of drug-likeness (QED) is 0.542. The van der Waals surface area contributed by atoms with Crippen LogP contribution in [0.5, 0.6) is 5.75 Å². The molecule has 1 aromatic carbocycles. The van der Waals surface area contributed by atoms with Crippen LogP contribution in [0.4, 0.5) is 0 Å². The van der Waals surface area contributed by atoms with Crippen LogP contribution < -0.4 is 0 Å². The van der Waals surface area contributed by atoms with Crippen molar-refractivity contribution in [2.24, 2.45) is 5.92 Å². The van der Waals surface area contributed by atoms with Crippen molar-refractivity contribution in [1.82, 2.24) is 0 Å². The van der Waals surface area contributed by atoms with E-state index < -0.39 is 11.4 Å². The molecular formula is C20H24O4S. The van der Waals surface area contributed by atoms with E-state index in [-0.39, 0.29) is 11.7 Å². The Morgan fingerprint density at radius 1 is 1.36 bits per heavy atom. The van der Waals surface area contributed by atoms with E-state index in [1.807, 2.05) is 42.0 Å². The Morgan fingerprint density at radius 3 is 2.64 bits per heavy atom. The largest absolute Gasteiger partial charge is 0.507 e. The van der Waals surface area contributed by atoms with Gasteiger partial charge < -0.3 is 9.84 Å². The molecule has 1 aromatic heterocycles.